The summed E-state index contributed by atoms with van der Waals surface area (Å²) >= 11 is 0. The first-order valence-electron chi connectivity index (χ1n) is 13.0. The maximum Gasteiger partial charge on any atom is 0.169 e. The van der Waals surface area contributed by atoms with E-state index in [1.807, 2.05) is 54.6 Å². The van der Waals surface area contributed by atoms with Crippen molar-refractivity contribution in [1.82, 2.24) is 15.0 Å². The van der Waals surface area contributed by atoms with Crippen LogP contribution in [0.25, 0.3) is 0 Å². The summed E-state index contributed by atoms with van der Waals surface area (Å²) in [4.78, 5) is 5.87. The molecule has 0 amide bonds. The summed E-state index contributed by atoms with van der Waals surface area (Å²) in [6, 6.07) is 22.3. The molecular weight excluding hydrogens is 512 g/mol. The molecule has 1 aromatic heterocycles. The van der Waals surface area contributed by atoms with Crippen molar-refractivity contribution in [2.75, 3.05) is 20.8 Å². The lowest BCUT2D eigenvalue weighted by Crippen LogP contribution is -2.37. The molecule has 0 spiro atoms. The zero-order chi connectivity index (χ0) is 28.1. The van der Waals surface area contributed by atoms with Gasteiger partial charge in [-0.05, 0) is 54.8 Å². The highest BCUT2D eigenvalue weighted by molar-refractivity contribution is 6.07. The number of hydrogen-bond acceptors (Lipinski definition) is 9. The molecule has 1 aliphatic heterocycles. The molecule has 3 aromatic carbocycles. The van der Waals surface area contributed by atoms with Gasteiger partial charge in [0.05, 0.1) is 33.1 Å². The van der Waals surface area contributed by atoms with E-state index in [0.29, 0.717) is 40.6 Å². The smallest absolute Gasteiger partial charge is 0.169 e. The first-order valence-corrected chi connectivity index (χ1v) is 13.0. The monoisotopic (exact) mass is 544 g/mol. The summed E-state index contributed by atoms with van der Waals surface area (Å²) in [7, 11) is 3.15. The first-order chi connectivity index (χ1) is 19.5. The molecule has 0 bridgehead atoms. The van der Waals surface area contributed by atoms with Crippen LogP contribution >= 0.6 is 0 Å². The normalized spacial score (nSPS) is 18.9. The van der Waals surface area contributed by atoms with E-state index in [9.17, 15) is 10.2 Å². The van der Waals surface area contributed by atoms with Crippen LogP contribution in [0.5, 0.6) is 17.2 Å². The van der Waals surface area contributed by atoms with Crippen LogP contribution in [0, 0.1) is 0 Å². The van der Waals surface area contributed by atoms with Crippen molar-refractivity contribution in [1.29, 1.82) is 0 Å². The van der Waals surface area contributed by atoms with Crippen molar-refractivity contribution >= 4 is 5.71 Å². The molecule has 0 saturated heterocycles. The van der Waals surface area contributed by atoms with Crippen LogP contribution in [0.3, 0.4) is 0 Å². The van der Waals surface area contributed by atoms with E-state index < -0.39 is 18.3 Å². The van der Waals surface area contributed by atoms with Crippen LogP contribution in [0.2, 0.25) is 0 Å². The molecule has 2 heterocycles. The molecule has 40 heavy (non-hydrogen) atoms. The van der Waals surface area contributed by atoms with Gasteiger partial charge in [0.1, 0.15) is 34.8 Å². The Morgan fingerprint density at radius 2 is 1.77 bits per heavy atom. The molecule has 0 aliphatic carbocycles. The highest BCUT2D eigenvalue weighted by Crippen LogP contribution is 2.38. The van der Waals surface area contributed by atoms with E-state index in [-0.39, 0.29) is 12.6 Å². The Morgan fingerprint density at radius 3 is 2.52 bits per heavy atom. The number of fused-ring (bicyclic) bond motifs is 1. The van der Waals surface area contributed by atoms with Gasteiger partial charge in [-0.25, -0.2) is 4.68 Å². The maximum atomic E-state index is 11.4. The number of aliphatic hydroxyl groups is 2. The van der Waals surface area contributed by atoms with E-state index in [4.69, 9.17) is 19.0 Å². The number of aromatic nitrogens is 3. The zero-order valence-electron chi connectivity index (χ0n) is 22.5. The molecule has 10 heteroatoms. The highest BCUT2D eigenvalue weighted by atomic mass is 16.6. The fraction of sp³-hybridized carbons (Fsp3) is 0.300. The van der Waals surface area contributed by atoms with Crippen molar-refractivity contribution in [3.05, 3.63) is 101 Å². The van der Waals surface area contributed by atoms with Gasteiger partial charge in [-0.15, -0.1) is 5.10 Å². The Bertz CT molecular complexity index is 1460. The third kappa shape index (κ3) is 5.78. The van der Waals surface area contributed by atoms with E-state index in [0.717, 1.165) is 11.1 Å². The molecule has 208 valence electrons. The minimum absolute atomic E-state index is 0.0916. The molecular formula is C30H32N4O6. The summed E-state index contributed by atoms with van der Waals surface area (Å²) in [5, 5.41) is 34.3. The van der Waals surface area contributed by atoms with Crippen LogP contribution in [0.1, 0.15) is 47.6 Å². The summed E-state index contributed by atoms with van der Waals surface area (Å²) in [5.74, 6) is 1.77. The number of ether oxygens (including phenoxy) is 3. The molecule has 0 fully saturated rings. The van der Waals surface area contributed by atoms with Crippen molar-refractivity contribution in [2.24, 2.45) is 5.16 Å². The molecule has 4 aromatic rings. The topological polar surface area (TPSA) is 120 Å². The Morgan fingerprint density at radius 1 is 1.00 bits per heavy atom. The average Bonchev–Trinajstić information content (AvgIpc) is 3.49. The molecule has 4 atom stereocenters. The molecule has 0 unspecified atom stereocenters. The van der Waals surface area contributed by atoms with Gasteiger partial charge in [0.15, 0.2) is 12.2 Å². The SMILES string of the molecule is COc1cccc([C@H]2Oc3ccc(OC)cc3C(=NO[C@@H](C)c3cn([C@H](CO)Cc4ccccc4)nn3)[C@H]2O)c1. The van der Waals surface area contributed by atoms with Gasteiger partial charge in [-0.3, -0.25) is 0 Å². The fourth-order valence-electron chi connectivity index (χ4n) is 4.59. The number of nitrogens with zero attached hydrogens (tertiary/aromatic N) is 4. The number of benzene rings is 3. The van der Waals surface area contributed by atoms with E-state index >= 15 is 0 Å². The van der Waals surface area contributed by atoms with Gasteiger partial charge in [0.2, 0.25) is 0 Å². The summed E-state index contributed by atoms with van der Waals surface area (Å²) < 4.78 is 18.6. The van der Waals surface area contributed by atoms with Crippen LogP contribution in [-0.2, 0) is 11.3 Å². The predicted octanol–water partition coefficient (Wildman–Crippen LogP) is 4.05. The minimum Gasteiger partial charge on any atom is -0.497 e. The van der Waals surface area contributed by atoms with Gasteiger partial charge >= 0.3 is 0 Å². The molecule has 2 N–H and O–H groups in total. The Labute approximate surface area is 232 Å². The largest absolute Gasteiger partial charge is 0.497 e. The number of hydrogen-bond donors (Lipinski definition) is 2. The predicted molar refractivity (Wildman–Crippen MR) is 148 cm³/mol. The van der Waals surface area contributed by atoms with Gasteiger partial charge in [-0.1, -0.05) is 52.8 Å². The average molecular weight is 545 g/mol. The van der Waals surface area contributed by atoms with Crippen molar-refractivity contribution in [2.45, 2.75) is 37.7 Å². The first kappa shape index (κ1) is 27.2. The standard InChI is InChI=1S/C30H32N4O6/c1-19(26-17-34(33-31-26)22(18-35)14-20-8-5-4-6-9-20)40-32-28-25-16-24(38-3)12-13-27(25)39-30(29(28)36)21-10-7-11-23(15-21)37-2/h4-13,15-17,19,22,29-30,35-36H,14,18H2,1-3H3/t19-,22-,29+,30+/m0/s1. The molecule has 5 rings (SSSR count). The molecule has 1 aliphatic rings. The number of oxime groups is 1. The Hall–Kier alpha value is -4.41. The van der Waals surface area contributed by atoms with Gasteiger partial charge in [-0.2, -0.15) is 0 Å². The lowest BCUT2D eigenvalue weighted by molar-refractivity contribution is 0.0474. The lowest BCUT2D eigenvalue weighted by atomic mass is 9.92. The zero-order valence-corrected chi connectivity index (χ0v) is 22.5. The summed E-state index contributed by atoms with van der Waals surface area (Å²) in [6.07, 6.45) is -0.118. The highest BCUT2D eigenvalue weighted by Gasteiger charge is 2.37. The van der Waals surface area contributed by atoms with Gasteiger partial charge in [0, 0.05) is 5.56 Å². The molecule has 0 saturated carbocycles. The lowest BCUT2D eigenvalue weighted by Gasteiger charge is -2.32. The summed E-state index contributed by atoms with van der Waals surface area (Å²) in [5.41, 5.74) is 3.20. The van der Waals surface area contributed by atoms with Gasteiger partial charge in [0.25, 0.3) is 0 Å². The third-order valence-electron chi connectivity index (χ3n) is 6.86. The van der Waals surface area contributed by atoms with Gasteiger partial charge < -0.3 is 29.3 Å². The van der Waals surface area contributed by atoms with Crippen molar-refractivity contribution < 1.29 is 29.3 Å². The Kier molecular flexibility index (Phi) is 8.28. The van der Waals surface area contributed by atoms with E-state index in [2.05, 4.69) is 15.5 Å². The second kappa shape index (κ2) is 12.2. The van der Waals surface area contributed by atoms with Crippen molar-refractivity contribution in [3.63, 3.8) is 0 Å². The van der Waals surface area contributed by atoms with E-state index in [1.165, 1.54) is 0 Å². The van der Waals surface area contributed by atoms with Crippen LogP contribution in [-0.4, -0.2) is 57.8 Å². The number of methoxy groups -OCH3 is 2. The molecule has 10 nitrogen and oxygen atoms in total. The fourth-order valence-corrected chi connectivity index (χ4v) is 4.59. The summed E-state index contributed by atoms with van der Waals surface area (Å²) in [6.45, 7) is 1.70. The number of aliphatic hydroxyl groups excluding tert-OH is 2. The third-order valence-corrected chi connectivity index (χ3v) is 6.86. The van der Waals surface area contributed by atoms with Crippen LogP contribution in [0.4, 0.5) is 0 Å². The Balaban J connectivity index is 1.39. The minimum atomic E-state index is -1.14. The van der Waals surface area contributed by atoms with E-state index in [1.54, 1.807) is 50.2 Å². The number of rotatable bonds is 10. The molecule has 0 radical (unpaired) electrons. The van der Waals surface area contributed by atoms with Crippen LogP contribution < -0.4 is 14.2 Å². The quantitative estimate of drug-likeness (QED) is 0.287. The van der Waals surface area contributed by atoms with Crippen LogP contribution in [0.15, 0.2) is 84.1 Å². The second-order valence-electron chi connectivity index (χ2n) is 9.50. The van der Waals surface area contributed by atoms with Crippen molar-refractivity contribution in [3.8, 4) is 17.2 Å². The second-order valence-corrected chi connectivity index (χ2v) is 9.50. The maximum absolute atomic E-state index is 11.4.